The van der Waals surface area contributed by atoms with Crippen LogP contribution in [0.3, 0.4) is 0 Å². The van der Waals surface area contributed by atoms with Crippen molar-refractivity contribution in [1.29, 1.82) is 0 Å². The minimum Gasteiger partial charge on any atom is -0.338 e. The number of alkyl halides is 2. The highest BCUT2D eigenvalue weighted by Gasteiger charge is 2.78. The predicted molar refractivity (Wildman–Crippen MR) is 74.9 cm³/mol. The lowest BCUT2D eigenvalue weighted by Gasteiger charge is -2.28. The third-order valence-electron chi connectivity index (χ3n) is 4.91. The molecule has 8 heteroatoms. The fourth-order valence-corrected chi connectivity index (χ4v) is 3.68. The molecule has 0 spiro atoms. The number of sulfonamides is 1. The Morgan fingerprint density at radius 1 is 1.32 bits per heavy atom. The fraction of sp³-hybridized carbons (Fsp3) is 0.500. The maximum atomic E-state index is 13.7. The predicted octanol–water partition coefficient (Wildman–Crippen LogP) is 1.45. The molecule has 1 aliphatic carbocycles. The molecule has 2 atom stereocenters. The molecular weight excluding hydrogens is 314 g/mol. The molecule has 0 radical (unpaired) electrons. The molecule has 2 unspecified atom stereocenters. The van der Waals surface area contributed by atoms with E-state index in [1.54, 1.807) is 6.92 Å². The number of piperidine rings is 1. The minimum atomic E-state index is -3.82. The molecule has 1 aromatic carbocycles. The van der Waals surface area contributed by atoms with E-state index in [0.717, 1.165) is 0 Å². The number of hydrogen-bond acceptors (Lipinski definition) is 3. The fourth-order valence-electron chi connectivity index (χ4n) is 3.16. The number of nitrogens with two attached hydrogens (primary N) is 1. The molecule has 2 aliphatic rings. The third-order valence-corrected chi connectivity index (χ3v) is 5.84. The van der Waals surface area contributed by atoms with E-state index in [2.05, 4.69) is 0 Å². The zero-order chi connectivity index (χ0) is 16.3. The topological polar surface area (TPSA) is 80.5 Å². The first-order valence-corrected chi connectivity index (χ1v) is 8.42. The number of benzene rings is 1. The molecule has 2 N–H and O–H groups in total. The molecule has 0 aromatic heterocycles. The van der Waals surface area contributed by atoms with Gasteiger partial charge < -0.3 is 4.90 Å². The highest BCUT2D eigenvalue weighted by molar-refractivity contribution is 7.89. The van der Waals surface area contributed by atoms with Crippen molar-refractivity contribution in [1.82, 2.24) is 4.90 Å². The van der Waals surface area contributed by atoms with Gasteiger partial charge in [0.15, 0.2) is 0 Å². The first-order chi connectivity index (χ1) is 10.1. The van der Waals surface area contributed by atoms with Gasteiger partial charge in [-0.25, -0.2) is 22.3 Å². The summed E-state index contributed by atoms with van der Waals surface area (Å²) in [6.45, 7) is 1.86. The maximum Gasteiger partial charge on any atom is 0.259 e. The number of nitrogens with zero attached hydrogens (tertiary/aromatic N) is 1. The van der Waals surface area contributed by atoms with E-state index < -0.39 is 27.3 Å². The number of hydrogen-bond donors (Lipinski definition) is 1. The van der Waals surface area contributed by atoms with Gasteiger partial charge in [0.25, 0.3) is 11.8 Å². The van der Waals surface area contributed by atoms with Crippen molar-refractivity contribution < 1.29 is 22.0 Å². The molecule has 1 heterocycles. The van der Waals surface area contributed by atoms with Crippen molar-refractivity contribution in [2.24, 2.45) is 16.5 Å². The number of primary sulfonamides is 1. The Kier molecular flexibility index (Phi) is 3.13. The second kappa shape index (κ2) is 4.48. The SMILES string of the molecule is CC12CCN(C(=O)c3ccc(S(N)(=O)=O)cc3)CC1C2(F)F. The molecule has 0 bridgehead atoms. The number of halogens is 2. The first kappa shape index (κ1) is 15.4. The molecule has 5 nitrogen and oxygen atoms in total. The van der Waals surface area contributed by atoms with Crippen molar-refractivity contribution in [2.45, 2.75) is 24.2 Å². The number of fused-ring (bicyclic) bond motifs is 1. The van der Waals surface area contributed by atoms with Crippen molar-refractivity contribution in [2.75, 3.05) is 13.1 Å². The van der Waals surface area contributed by atoms with Crippen LogP contribution < -0.4 is 5.14 Å². The van der Waals surface area contributed by atoms with E-state index in [0.29, 0.717) is 0 Å². The van der Waals surface area contributed by atoms with Gasteiger partial charge in [-0.2, -0.15) is 0 Å². The van der Waals surface area contributed by atoms with Crippen LogP contribution in [-0.2, 0) is 10.0 Å². The van der Waals surface area contributed by atoms with Gasteiger partial charge in [0.05, 0.1) is 10.8 Å². The lowest BCUT2D eigenvalue weighted by atomic mass is 9.97. The molecule has 1 saturated heterocycles. The molecule has 1 saturated carbocycles. The zero-order valence-electron chi connectivity index (χ0n) is 11.9. The molecule has 1 aliphatic heterocycles. The Labute approximate surface area is 127 Å². The highest BCUT2D eigenvalue weighted by Crippen LogP contribution is 2.69. The average molecular weight is 330 g/mol. The summed E-state index contributed by atoms with van der Waals surface area (Å²) in [6.07, 6.45) is 0.270. The van der Waals surface area contributed by atoms with E-state index in [9.17, 15) is 22.0 Å². The van der Waals surface area contributed by atoms with Gasteiger partial charge >= 0.3 is 0 Å². The van der Waals surface area contributed by atoms with Crippen molar-refractivity contribution >= 4 is 15.9 Å². The summed E-state index contributed by atoms with van der Waals surface area (Å²) < 4.78 is 49.7. The highest BCUT2D eigenvalue weighted by atomic mass is 32.2. The van der Waals surface area contributed by atoms with Crippen LogP contribution in [0.5, 0.6) is 0 Å². The van der Waals surface area contributed by atoms with Gasteiger partial charge in [-0.05, 0) is 30.7 Å². The molecule has 2 fully saturated rings. The van der Waals surface area contributed by atoms with Crippen LogP contribution in [0.15, 0.2) is 29.2 Å². The summed E-state index contributed by atoms with van der Waals surface area (Å²) in [4.78, 5) is 13.6. The summed E-state index contributed by atoms with van der Waals surface area (Å²) in [7, 11) is -3.82. The normalized spacial score (nSPS) is 29.8. The average Bonchev–Trinajstić information content (AvgIpc) is 2.90. The minimum absolute atomic E-state index is 0.0271. The summed E-state index contributed by atoms with van der Waals surface area (Å²) in [5, 5.41) is 4.99. The Morgan fingerprint density at radius 2 is 1.91 bits per heavy atom. The lowest BCUT2D eigenvalue weighted by Crippen LogP contribution is -2.38. The summed E-state index contributed by atoms with van der Waals surface area (Å²) in [5.74, 6) is -3.87. The van der Waals surface area contributed by atoms with Gasteiger partial charge in [-0.15, -0.1) is 0 Å². The van der Waals surface area contributed by atoms with Gasteiger partial charge in [0, 0.05) is 24.1 Å². The molecule has 3 rings (SSSR count). The number of likely N-dealkylation sites (tertiary alicyclic amines) is 1. The monoisotopic (exact) mass is 330 g/mol. The number of rotatable bonds is 2. The summed E-state index contributed by atoms with van der Waals surface area (Å²) in [6, 6.07) is 5.17. The molecule has 1 amide bonds. The van der Waals surface area contributed by atoms with Crippen LogP contribution in [0.1, 0.15) is 23.7 Å². The van der Waals surface area contributed by atoms with Crippen LogP contribution in [-0.4, -0.2) is 38.2 Å². The van der Waals surface area contributed by atoms with Gasteiger partial charge in [-0.3, -0.25) is 4.79 Å². The van der Waals surface area contributed by atoms with E-state index in [-0.39, 0.29) is 35.9 Å². The molecular formula is C14H16F2N2O3S. The van der Waals surface area contributed by atoms with Crippen molar-refractivity contribution in [3.63, 3.8) is 0 Å². The number of carbonyl (C=O) groups excluding carboxylic acids is 1. The van der Waals surface area contributed by atoms with E-state index in [1.807, 2.05) is 0 Å². The van der Waals surface area contributed by atoms with Gasteiger partial charge in [0.2, 0.25) is 10.0 Å². The smallest absolute Gasteiger partial charge is 0.259 e. The Morgan fingerprint density at radius 3 is 2.41 bits per heavy atom. The summed E-state index contributed by atoms with van der Waals surface area (Å²) in [5.41, 5.74) is -0.721. The van der Waals surface area contributed by atoms with Gasteiger partial charge in [0.1, 0.15) is 0 Å². The molecule has 1 aromatic rings. The second-order valence-corrected chi connectivity index (χ2v) is 7.72. The van der Waals surface area contributed by atoms with Crippen LogP contribution in [0.2, 0.25) is 0 Å². The summed E-state index contributed by atoms with van der Waals surface area (Å²) >= 11 is 0. The van der Waals surface area contributed by atoms with Crippen molar-refractivity contribution in [3.8, 4) is 0 Å². The largest absolute Gasteiger partial charge is 0.338 e. The van der Waals surface area contributed by atoms with E-state index in [1.165, 1.54) is 29.2 Å². The second-order valence-electron chi connectivity index (χ2n) is 6.16. The van der Waals surface area contributed by atoms with Gasteiger partial charge in [-0.1, -0.05) is 6.92 Å². The lowest BCUT2D eigenvalue weighted by molar-refractivity contribution is 0.0635. The molecule has 22 heavy (non-hydrogen) atoms. The maximum absolute atomic E-state index is 13.7. The quantitative estimate of drug-likeness (QED) is 0.891. The van der Waals surface area contributed by atoms with Crippen molar-refractivity contribution in [3.05, 3.63) is 29.8 Å². The first-order valence-electron chi connectivity index (χ1n) is 6.87. The van der Waals surface area contributed by atoms with Crippen LogP contribution in [0.25, 0.3) is 0 Å². The number of amides is 1. The zero-order valence-corrected chi connectivity index (χ0v) is 12.7. The van der Waals surface area contributed by atoms with Crippen LogP contribution in [0.4, 0.5) is 8.78 Å². The standard InChI is InChI=1S/C14H16F2N2O3S/c1-13-6-7-18(8-11(13)14(13,15)16)12(19)9-2-4-10(5-3-9)22(17,20)21/h2-5,11H,6-8H2,1H3,(H2,17,20,21). The van der Waals surface area contributed by atoms with Crippen LogP contribution in [0, 0.1) is 11.3 Å². The van der Waals surface area contributed by atoms with E-state index >= 15 is 0 Å². The van der Waals surface area contributed by atoms with E-state index in [4.69, 9.17) is 5.14 Å². The number of carbonyl (C=O) groups is 1. The Bertz CT molecular complexity index is 733. The molecule has 120 valence electrons. The Hall–Kier alpha value is -1.54. The third kappa shape index (κ3) is 2.13. The Balaban J connectivity index is 1.76. The van der Waals surface area contributed by atoms with Crippen LogP contribution >= 0.6 is 0 Å².